The van der Waals surface area contributed by atoms with Crippen LogP contribution in [0.15, 0.2) is 36.4 Å². The molecular weight excluding hydrogens is 300 g/mol. The molecule has 6 nitrogen and oxygen atoms in total. The van der Waals surface area contributed by atoms with Crippen LogP contribution in [0.4, 0.5) is 0 Å². The summed E-state index contributed by atoms with van der Waals surface area (Å²) in [4.78, 5) is 0. The van der Waals surface area contributed by atoms with Crippen molar-refractivity contribution >= 4 is 0 Å². The summed E-state index contributed by atoms with van der Waals surface area (Å²) in [5.74, 6) is 4.10. The molecule has 2 unspecified atom stereocenters. The predicted molar refractivity (Wildman–Crippen MR) is 82.0 cm³/mol. The van der Waals surface area contributed by atoms with Gasteiger partial charge in [-0.05, 0) is 35.9 Å². The summed E-state index contributed by atoms with van der Waals surface area (Å²) in [6.07, 6.45) is -2.52. The lowest BCUT2D eigenvalue weighted by molar-refractivity contribution is 0.0217. The van der Waals surface area contributed by atoms with Gasteiger partial charge in [0.25, 0.3) is 0 Å². The number of hydrogen-bond donors (Lipinski definition) is 6. The molecule has 0 aliphatic carbocycles. The third kappa shape index (κ3) is 4.07. The van der Waals surface area contributed by atoms with Crippen molar-refractivity contribution in [2.24, 2.45) is 0 Å². The molecule has 2 aromatic rings. The molecule has 0 radical (unpaired) electrons. The normalized spacial score (nSPS) is 13.0. The van der Waals surface area contributed by atoms with Crippen LogP contribution in [0.5, 0.6) is 23.0 Å². The molecular formula is C17H16O6. The second-order valence-corrected chi connectivity index (χ2v) is 4.97. The van der Waals surface area contributed by atoms with Crippen molar-refractivity contribution in [2.45, 2.75) is 18.6 Å². The van der Waals surface area contributed by atoms with Gasteiger partial charge in [-0.1, -0.05) is 17.9 Å². The minimum absolute atomic E-state index is 0.0511. The Bertz CT molecular complexity index is 759. The lowest BCUT2D eigenvalue weighted by Crippen LogP contribution is -2.17. The predicted octanol–water partition coefficient (Wildman–Crippen LogP) is 1.35. The Morgan fingerprint density at radius 2 is 1.39 bits per heavy atom. The van der Waals surface area contributed by atoms with Crippen LogP contribution in [0.3, 0.4) is 0 Å². The van der Waals surface area contributed by atoms with Crippen LogP contribution in [-0.2, 0) is 0 Å². The summed E-state index contributed by atoms with van der Waals surface area (Å²) in [7, 11) is 0. The first-order chi connectivity index (χ1) is 10.9. The van der Waals surface area contributed by atoms with Gasteiger partial charge in [-0.3, -0.25) is 0 Å². The fourth-order valence-corrected chi connectivity index (χ4v) is 1.92. The fourth-order valence-electron chi connectivity index (χ4n) is 1.92. The van der Waals surface area contributed by atoms with Crippen LogP contribution in [0.25, 0.3) is 0 Å². The molecule has 2 rings (SSSR count). The van der Waals surface area contributed by atoms with E-state index >= 15 is 0 Å². The molecule has 2 atom stereocenters. The van der Waals surface area contributed by atoms with Crippen LogP contribution in [-0.4, -0.2) is 36.7 Å². The van der Waals surface area contributed by atoms with Crippen molar-refractivity contribution in [3.05, 3.63) is 47.5 Å². The number of phenols is 4. The van der Waals surface area contributed by atoms with Crippen LogP contribution >= 0.6 is 0 Å². The summed E-state index contributed by atoms with van der Waals surface area (Å²) in [6, 6.07) is 7.84. The highest BCUT2D eigenvalue weighted by atomic mass is 16.3. The third-order valence-electron chi connectivity index (χ3n) is 3.22. The molecule has 0 aliphatic rings. The zero-order valence-electron chi connectivity index (χ0n) is 12.0. The smallest absolute Gasteiger partial charge is 0.158 e. The first-order valence-electron chi connectivity index (χ1n) is 6.77. The van der Waals surface area contributed by atoms with Crippen LogP contribution in [0.2, 0.25) is 0 Å². The van der Waals surface area contributed by atoms with Gasteiger partial charge in [0.2, 0.25) is 0 Å². The largest absolute Gasteiger partial charge is 0.504 e. The molecule has 0 aromatic heterocycles. The topological polar surface area (TPSA) is 121 Å². The van der Waals surface area contributed by atoms with E-state index in [1.807, 2.05) is 0 Å². The third-order valence-corrected chi connectivity index (χ3v) is 3.22. The number of aliphatic hydroxyl groups excluding tert-OH is 2. The number of benzene rings is 2. The van der Waals surface area contributed by atoms with Crippen molar-refractivity contribution in [3.63, 3.8) is 0 Å². The number of aliphatic hydroxyl groups is 2. The average Bonchev–Trinajstić information content (AvgIpc) is 2.52. The van der Waals surface area contributed by atoms with E-state index in [2.05, 4.69) is 11.8 Å². The molecule has 0 heterocycles. The zero-order chi connectivity index (χ0) is 17.0. The van der Waals surface area contributed by atoms with Gasteiger partial charge in [0.15, 0.2) is 23.0 Å². The average molecular weight is 316 g/mol. The quantitative estimate of drug-likeness (QED) is 0.375. The number of phenolic OH excluding ortho intramolecular Hbond substituents is 4. The van der Waals surface area contributed by atoms with Gasteiger partial charge >= 0.3 is 0 Å². The van der Waals surface area contributed by atoms with E-state index in [1.165, 1.54) is 30.3 Å². The standard InChI is InChI=1S/C17H16O6/c18-12-6-4-10(8-15(12)21)2-1-3-14(20)17(23)11-5-7-13(19)16(22)9-11/h4-9,14,17-23H,3H2. The Balaban J connectivity index is 2.04. The van der Waals surface area contributed by atoms with Crippen molar-refractivity contribution < 1.29 is 30.6 Å². The SMILES string of the molecule is Oc1ccc(C#CCC(O)C(O)c2ccc(O)c(O)c2)cc1O. The summed E-state index contributed by atoms with van der Waals surface area (Å²) in [5.41, 5.74) is 0.696. The van der Waals surface area contributed by atoms with Gasteiger partial charge in [-0.15, -0.1) is 0 Å². The van der Waals surface area contributed by atoms with Crippen molar-refractivity contribution in [1.29, 1.82) is 0 Å². The minimum atomic E-state index is -1.27. The van der Waals surface area contributed by atoms with Gasteiger partial charge in [0.1, 0.15) is 6.10 Å². The Morgan fingerprint density at radius 1 is 0.783 bits per heavy atom. The maximum Gasteiger partial charge on any atom is 0.158 e. The molecule has 0 saturated heterocycles. The highest BCUT2D eigenvalue weighted by Crippen LogP contribution is 2.29. The maximum absolute atomic E-state index is 10.00. The Hall–Kier alpha value is -2.88. The second kappa shape index (κ2) is 6.92. The van der Waals surface area contributed by atoms with Gasteiger partial charge in [-0.25, -0.2) is 0 Å². The highest BCUT2D eigenvalue weighted by molar-refractivity contribution is 5.46. The monoisotopic (exact) mass is 316 g/mol. The van der Waals surface area contributed by atoms with E-state index in [4.69, 9.17) is 0 Å². The molecule has 0 fully saturated rings. The maximum atomic E-state index is 10.00. The molecule has 0 amide bonds. The van der Waals surface area contributed by atoms with Crippen LogP contribution in [0, 0.1) is 11.8 Å². The second-order valence-electron chi connectivity index (χ2n) is 4.97. The van der Waals surface area contributed by atoms with Gasteiger partial charge in [-0.2, -0.15) is 0 Å². The minimum Gasteiger partial charge on any atom is -0.504 e. The molecule has 0 bridgehead atoms. The fraction of sp³-hybridized carbons (Fsp3) is 0.176. The highest BCUT2D eigenvalue weighted by Gasteiger charge is 2.18. The molecule has 6 N–H and O–H groups in total. The summed E-state index contributed by atoms with van der Waals surface area (Å²) in [6.45, 7) is 0. The summed E-state index contributed by atoms with van der Waals surface area (Å²) in [5, 5.41) is 57.1. The van der Waals surface area contributed by atoms with E-state index in [-0.39, 0.29) is 35.0 Å². The zero-order valence-corrected chi connectivity index (χ0v) is 12.0. The van der Waals surface area contributed by atoms with Crippen LogP contribution in [0.1, 0.15) is 23.7 Å². The molecule has 2 aromatic carbocycles. The van der Waals surface area contributed by atoms with E-state index < -0.39 is 12.2 Å². The molecule has 23 heavy (non-hydrogen) atoms. The van der Waals surface area contributed by atoms with Crippen molar-refractivity contribution in [1.82, 2.24) is 0 Å². The Labute approximate surface area is 132 Å². The van der Waals surface area contributed by atoms with E-state index in [0.29, 0.717) is 5.56 Å². The van der Waals surface area contributed by atoms with Crippen molar-refractivity contribution in [3.8, 4) is 34.8 Å². The molecule has 0 saturated carbocycles. The number of hydrogen-bond acceptors (Lipinski definition) is 6. The summed E-state index contributed by atoms with van der Waals surface area (Å²) >= 11 is 0. The Morgan fingerprint density at radius 3 is 2.00 bits per heavy atom. The Kier molecular flexibility index (Phi) is 4.96. The molecule has 0 spiro atoms. The van der Waals surface area contributed by atoms with E-state index in [1.54, 1.807) is 0 Å². The van der Waals surface area contributed by atoms with Crippen LogP contribution < -0.4 is 0 Å². The van der Waals surface area contributed by atoms with E-state index in [0.717, 1.165) is 6.07 Å². The van der Waals surface area contributed by atoms with Gasteiger partial charge < -0.3 is 30.6 Å². The molecule has 0 aliphatic heterocycles. The van der Waals surface area contributed by atoms with Gasteiger partial charge in [0.05, 0.1) is 6.10 Å². The molecule has 120 valence electrons. The van der Waals surface area contributed by atoms with Crippen molar-refractivity contribution in [2.75, 3.05) is 0 Å². The van der Waals surface area contributed by atoms with Gasteiger partial charge in [0, 0.05) is 12.0 Å². The lowest BCUT2D eigenvalue weighted by Gasteiger charge is -2.16. The number of aromatic hydroxyl groups is 4. The number of rotatable bonds is 3. The summed E-state index contributed by atoms with van der Waals surface area (Å²) < 4.78 is 0. The molecule has 6 heteroatoms. The first kappa shape index (κ1) is 16.5. The first-order valence-corrected chi connectivity index (χ1v) is 6.77. The van der Waals surface area contributed by atoms with E-state index in [9.17, 15) is 30.6 Å². The lowest BCUT2D eigenvalue weighted by atomic mass is 10.0.